The minimum absolute atomic E-state index is 0.233. The molecule has 0 aliphatic rings. The molecule has 1 amide bonds. The highest BCUT2D eigenvalue weighted by Gasteiger charge is 2.09. The molecule has 7 heteroatoms. The first-order chi connectivity index (χ1) is 12.7. The van der Waals surface area contributed by atoms with Gasteiger partial charge in [-0.15, -0.1) is 11.3 Å². The van der Waals surface area contributed by atoms with Gasteiger partial charge in [0.25, 0.3) is 5.91 Å². The Hall–Kier alpha value is -3.06. The molecule has 2 aromatic heterocycles. The van der Waals surface area contributed by atoms with Gasteiger partial charge in [-0.25, -0.2) is 5.43 Å². The van der Waals surface area contributed by atoms with Crippen molar-refractivity contribution in [2.24, 2.45) is 5.10 Å². The first kappa shape index (κ1) is 17.8. The first-order valence-corrected chi connectivity index (χ1v) is 8.77. The molecular formula is C19H18N2O4S. The Kier molecular flexibility index (Phi) is 5.70. The second-order valence-electron chi connectivity index (χ2n) is 5.40. The van der Waals surface area contributed by atoms with E-state index < -0.39 is 0 Å². The number of nitrogens with zero attached hydrogens (tertiary/aromatic N) is 1. The topological polar surface area (TPSA) is 73.1 Å². The van der Waals surface area contributed by atoms with Crippen LogP contribution in [0.3, 0.4) is 0 Å². The zero-order chi connectivity index (χ0) is 18.4. The van der Waals surface area contributed by atoms with E-state index in [1.165, 1.54) is 17.6 Å². The number of hydrogen-bond donors (Lipinski definition) is 1. The van der Waals surface area contributed by atoms with Crippen molar-refractivity contribution in [3.8, 4) is 11.5 Å². The van der Waals surface area contributed by atoms with Crippen LogP contribution in [0.15, 0.2) is 57.4 Å². The minimum atomic E-state index is -0.233. The predicted molar refractivity (Wildman–Crippen MR) is 100 cm³/mol. The maximum Gasteiger partial charge on any atom is 0.281 e. The van der Waals surface area contributed by atoms with Gasteiger partial charge in [0, 0.05) is 0 Å². The molecule has 0 saturated heterocycles. The number of carbonyl (C=O) groups is 1. The van der Waals surface area contributed by atoms with Gasteiger partial charge in [-0.2, -0.15) is 5.10 Å². The number of carbonyl (C=O) groups excluding carboxylic acids is 1. The standard InChI is InChI=1S/C19H18N2O4S/c1-13-9-10-26-18(13)19(22)21-20-11-16-7-8-17(25-16)12-24-15-5-3-14(23-2)4-6-15/h3-11H,12H2,1-2H3,(H,21,22). The summed E-state index contributed by atoms with van der Waals surface area (Å²) in [4.78, 5) is 12.6. The summed E-state index contributed by atoms with van der Waals surface area (Å²) in [6.07, 6.45) is 1.46. The van der Waals surface area contributed by atoms with Crippen molar-refractivity contribution in [1.29, 1.82) is 0 Å². The van der Waals surface area contributed by atoms with Crippen LogP contribution >= 0.6 is 11.3 Å². The number of hydrogen-bond acceptors (Lipinski definition) is 6. The molecule has 0 saturated carbocycles. The number of nitrogens with one attached hydrogen (secondary N) is 1. The van der Waals surface area contributed by atoms with E-state index in [0.717, 1.165) is 17.1 Å². The number of amides is 1. The third-order valence-corrected chi connectivity index (χ3v) is 4.56. The number of hydrazone groups is 1. The Balaban J connectivity index is 1.51. The molecule has 3 rings (SSSR count). The van der Waals surface area contributed by atoms with Crippen LogP contribution in [0.4, 0.5) is 0 Å². The van der Waals surface area contributed by atoms with E-state index in [4.69, 9.17) is 13.9 Å². The number of rotatable bonds is 7. The van der Waals surface area contributed by atoms with Crippen molar-refractivity contribution < 1.29 is 18.7 Å². The highest BCUT2D eigenvalue weighted by Crippen LogP contribution is 2.19. The molecule has 3 aromatic rings. The number of benzene rings is 1. The highest BCUT2D eigenvalue weighted by molar-refractivity contribution is 7.12. The predicted octanol–water partition coefficient (Wildman–Crippen LogP) is 4.00. The van der Waals surface area contributed by atoms with Crippen molar-refractivity contribution in [2.45, 2.75) is 13.5 Å². The number of aryl methyl sites for hydroxylation is 1. The van der Waals surface area contributed by atoms with Crippen molar-refractivity contribution >= 4 is 23.5 Å². The summed E-state index contributed by atoms with van der Waals surface area (Å²) in [7, 11) is 1.62. The molecule has 6 nitrogen and oxygen atoms in total. The average molecular weight is 370 g/mol. The van der Waals surface area contributed by atoms with Crippen LogP contribution in [0.5, 0.6) is 11.5 Å². The van der Waals surface area contributed by atoms with Crippen LogP contribution in [0.1, 0.15) is 26.8 Å². The molecule has 0 radical (unpaired) electrons. The maximum atomic E-state index is 12.0. The number of furan rings is 1. The van der Waals surface area contributed by atoms with Crippen LogP contribution < -0.4 is 14.9 Å². The number of ether oxygens (including phenoxy) is 2. The summed E-state index contributed by atoms with van der Waals surface area (Å²) in [5.74, 6) is 2.44. The van der Waals surface area contributed by atoms with E-state index in [-0.39, 0.29) is 5.91 Å². The lowest BCUT2D eigenvalue weighted by atomic mass is 10.3. The molecular weight excluding hydrogens is 352 g/mol. The van der Waals surface area contributed by atoms with Crippen LogP contribution in [0.25, 0.3) is 0 Å². The van der Waals surface area contributed by atoms with Crippen molar-refractivity contribution in [1.82, 2.24) is 5.43 Å². The summed E-state index contributed by atoms with van der Waals surface area (Å²) in [5, 5.41) is 5.79. The van der Waals surface area contributed by atoms with E-state index >= 15 is 0 Å². The fraction of sp³-hybridized carbons (Fsp3) is 0.158. The van der Waals surface area contributed by atoms with E-state index in [1.807, 2.05) is 42.6 Å². The third kappa shape index (κ3) is 4.52. The van der Waals surface area contributed by atoms with E-state index in [9.17, 15) is 4.79 Å². The van der Waals surface area contributed by atoms with Crippen LogP contribution in [-0.4, -0.2) is 19.2 Å². The van der Waals surface area contributed by atoms with E-state index in [1.54, 1.807) is 19.2 Å². The molecule has 0 fully saturated rings. The first-order valence-electron chi connectivity index (χ1n) is 7.89. The van der Waals surface area contributed by atoms with Gasteiger partial charge in [0.1, 0.15) is 29.6 Å². The summed E-state index contributed by atoms with van der Waals surface area (Å²) in [5.41, 5.74) is 3.42. The molecule has 0 bridgehead atoms. The quantitative estimate of drug-likeness (QED) is 0.504. The monoisotopic (exact) mass is 370 g/mol. The SMILES string of the molecule is COc1ccc(OCc2ccc(C=NNC(=O)c3sccc3C)o2)cc1. The second-order valence-corrected chi connectivity index (χ2v) is 6.32. The summed E-state index contributed by atoms with van der Waals surface area (Å²) in [6.45, 7) is 2.18. The molecule has 0 aliphatic heterocycles. The highest BCUT2D eigenvalue weighted by atomic mass is 32.1. The minimum Gasteiger partial charge on any atom is -0.497 e. The molecule has 1 aromatic carbocycles. The van der Waals surface area contributed by atoms with Gasteiger partial charge in [-0.1, -0.05) is 0 Å². The fourth-order valence-corrected chi connectivity index (χ4v) is 2.99. The van der Waals surface area contributed by atoms with Crippen LogP contribution in [0, 0.1) is 6.92 Å². The molecule has 1 N–H and O–H groups in total. The molecule has 0 aliphatic carbocycles. The van der Waals surface area contributed by atoms with Gasteiger partial charge in [-0.05, 0) is 60.3 Å². The molecule has 26 heavy (non-hydrogen) atoms. The van der Waals surface area contributed by atoms with E-state index in [0.29, 0.717) is 23.0 Å². The molecule has 134 valence electrons. The average Bonchev–Trinajstić information content (AvgIpc) is 3.29. The number of methoxy groups -OCH3 is 1. The third-order valence-electron chi connectivity index (χ3n) is 3.55. The molecule has 0 atom stereocenters. The Morgan fingerprint density at radius 3 is 2.65 bits per heavy atom. The van der Waals surface area contributed by atoms with Gasteiger partial charge in [0.05, 0.1) is 18.2 Å². The van der Waals surface area contributed by atoms with Crippen molar-refractivity contribution in [3.63, 3.8) is 0 Å². The smallest absolute Gasteiger partial charge is 0.281 e. The van der Waals surface area contributed by atoms with Gasteiger partial charge >= 0.3 is 0 Å². The van der Waals surface area contributed by atoms with Gasteiger partial charge < -0.3 is 13.9 Å². The van der Waals surface area contributed by atoms with Crippen molar-refractivity contribution in [3.05, 3.63) is 69.8 Å². The number of thiophene rings is 1. The largest absolute Gasteiger partial charge is 0.497 e. The van der Waals surface area contributed by atoms with Gasteiger partial charge in [0.2, 0.25) is 0 Å². The Morgan fingerprint density at radius 1 is 1.19 bits per heavy atom. The lowest BCUT2D eigenvalue weighted by Crippen LogP contribution is -2.17. The van der Waals surface area contributed by atoms with Gasteiger partial charge in [-0.3, -0.25) is 4.79 Å². The Bertz CT molecular complexity index is 896. The summed E-state index contributed by atoms with van der Waals surface area (Å²) >= 11 is 1.38. The van der Waals surface area contributed by atoms with Crippen molar-refractivity contribution in [2.75, 3.05) is 7.11 Å². The lowest BCUT2D eigenvalue weighted by molar-refractivity contribution is 0.0958. The normalized spacial score (nSPS) is 10.8. The molecule has 0 spiro atoms. The van der Waals surface area contributed by atoms with Crippen LogP contribution in [0.2, 0.25) is 0 Å². The summed E-state index contributed by atoms with van der Waals surface area (Å²) in [6, 6.07) is 12.8. The maximum absolute atomic E-state index is 12.0. The Labute approximate surface area is 155 Å². The Morgan fingerprint density at radius 2 is 1.96 bits per heavy atom. The van der Waals surface area contributed by atoms with Crippen LogP contribution in [-0.2, 0) is 6.61 Å². The van der Waals surface area contributed by atoms with Gasteiger partial charge in [0.15, 0.2) is 0 Å². The fourth-order valence-electron chi connectivity index (χ4n) is 2.18. The lowest BCUT2D eigenvalue weighted by Gasteiger charge is -2.05. The summed E-state index contributed by atoms with van der Waals surface area (Å²) < 4.78 is 16.3. The molecule has 2 heterocycles. The molecule has 0 unspecified atom stereocenters. The second kappa shape index (κ2) is 8.35. The zero-order valence-corrected chi connectivity index (χ0v) is 15.2. The van der Waals surface area contributed by atoms with E-state index in [2.05, 4.69) is 10.5 Å². The zero-order valence-electron chi connectivity index (χ0n) is 14.4.